The first kappa shape index (κ1) is 8.75. The van der Waals surface area contributed by atoms with Crippen molar-refractivity contribution in [1.29, 1.82) is 0 Å². The van der Waals surface area contributed by atoms with E-state index in [1.165, 1.54) is 0 Å². The lowest BCUT2D eigenvalue weighted by Gasteiger charge is -2.06. The molecule has 1 rings (SSSR count). The Morgan fingerprint density at radius 2 is 2.09 bits per heavy atom. The van der Waals surface area contributed by atoms with Crippen LogP contribution in [0.4, 0.5) is 0 Å². The highest BCUT2D eigenvalue weighted by atomic mass is 79.9. The van der Waals surface area contributed by atoms with Gasteiger partial charge in [-0.3, -0.25) is 0 Å². The van der Waals surface area contributed by atoms with Crippen LogP contribution in [0.15, 0.2) is 28.7 Å². The van der Waals surface area contributed by atoms with Gasteiger partial charge in [-0.15, -0.1) is 0 Å². The van der Waals surface area contributed by atoms with Crippen LogP contribution in [0.25, 0.3) is 0 Å². The molecule has 2 heteroatoms. The molecule has 0 saturated heterocycles. The standard InChI is InChI=1S/C9H10BrO/c1-2-9(11)7-5-3-4-6-8(7)10/h3-6,9H,2H2,1H3. The Bertz CT molecular complexity index is 235. The summed E-state index contributed by atoms with van der Waals surface area (Å²) in [4.78, 5) is 0. The van der Waals surface area contributed by atoms with Crippen LogP contribution in [-0.2, 0) is 5.11 Å². The van der Waals surface area contributed by atoms with E-state index in [-0.39, 0.29) is 0 Å². The SMILES string of the molecule is CCC([O])c1ccccc1Br. The molecule has 0 aliphatic rings. The molecule has 1 aromatic rings. The molecule has 0 aromatic heterocycles. The molecule has 0 N–H and O–H groups in total. The molecule has 1 radical (unpaired) electrons. The van der Waals surface area contributed by atoms with Gasteiger partial charge in [0, 0.05) is 4.47 Å². The maximum Gasteiger partial charge on any atom is 0.119 e. The van der Waals surface area contributed by atoms with Crippen molar-refractivity contribution in [3.63, 3.8) is 0 Å². The van der Waals surface area contributed by atoms with Gasteiger partial charge in [0.05, 0.1) is 0 Å². The minimum Gasteiger partial charge on any atom is -0.228 e. The first-order valence-electron chi connectivity index (χ1n) is 3.66. The summed E-state index contributed by atoms with van der Waals surface area (Å²) in [6, 6.07) is 7.57. The molecule has 0 heterocycles. The second-order valence-corrected chi connectivity index (χ2v) is 3.27. The molecule has 59 valence electrons. The lowest BCUT2D eigenvalue weighted by molar-refractivity contribution is 0.0851. The van der Waals surface area contributed by atoms with Crippen LogP contribution >= 0.6 is 15.9 Å². The average Bonchev–Trinajstić information content (AvgIpc) is 2.04. The van der Waals surface area contributed by atoms with Crippen LogP contribution in [0.2, 0.25) is 0 Å². The van der Waals surface area contributed by atoms with Gasteiger partial charge < -0.3 is 0 Å². The van der Waals surface area contributed by atoms with Gasteiger partial charge in [0.25, 0.3) is 0 Å². The second kappa shape index (κ2) is 3.88. The van der Waals surface area contributed by atoms with E-state index in [4.69, 9.17) is 0 Å². The van der Waals surface area contributed by atoms with Crippen molar-refractivity contribution in [3.05, 3.63) is 34.3 Å². The van der Waals surface area contributed by atoms with Crippen LogP contribution in [0, 0.1) is 0 Å². The van der Waals surface area contributed by atoms with Crippen LogP contribution in [0.5, 0.6) is 0 Å². The van der Waals surface area contributed by atoms with Crippen molar-refractivity contribution in [1.82, 2.24) is 0 Å². The van der Waals surface area contributed by atoms with Gasteiger partial charge >= 0.3 is 0 Å². The molecule has 0 aliphatic carbocycles. The van der Waals surface area contributed by atoms with E-state index < -0.39 is 6.10 Å². The van der Waals surface area contributed by atoms with E-state index in [0.717, 1.165) is 10.0 Å². The molecule has 1 unspecified atom stereocenters. The van der Waals surface area contributed by atoms with Gasteiger partial charge in [-0.2, -0.15) is 0 Å². The lowest BCUT2D eigenvalue weighted by atomic mass is 10.1. The monoisotopic (exact) mass is 213 g/mol. The molecule has 1 aromatic carbocycles. The molecule has 0 fully saturated rings. The molecular weight excluding hydrogens is 204 g/mol. The Morgan fingerprint density at radius 1 is 1.45 bits per heavy atom. The van der Waals surface area contributed by atoms with E-state index in [0.29, 0.717) is 6.42 Å². The van der Waals surface area contributed by atoms with Crippen molar-refractivity contribution in [2.24, 2.45) is 0 Å². The fraction of sp³-hybridized carbons (Fsp3) is 0.333. The van der Waals surface area contributed by atoms with Gasteiger partial charge in [-0.05, 0) is 18.1 Å². The summed E-state index contributed by atoms with van der Waals surface area (Å²) in [5, 5.41) is 11.3. The third kappa shape index (κ3) is 2.04. The number of benzene rings is 1. The van der Waals surface area contributed by atoms with E-state index >= 15 is 0 Å². The normalized spacial score (nSPS) is 13.0. The predicted molar refractivity (Wildman–Crippen MR) is 47.9 cm³/mol. The fourth-order valence-corrected chi connectivity index (χ4v) is 1.50. The summed E-state index contributed by atoms with van der Waals surface area (Å²) in [6.45, 7) is 1.90. The number of halogens is 1. The molecule has 1 nitrogen and oxygen atoms in total. The molecule has 0 spiro atoms. The fourth-order valence-electron chi connectivity index (χ4n) is 0.956. The summed E-state index contributed by atoms with van der Waals surface area (Å²) in [5.41, 5.74) is 0.856. The Hall–Kier alpha value is -0.340. The van der Waals surface area contributed by atoms with Crippen LogP contribution in [0.3, 0.4) is 0 Å². The van der Waals surface area contributed by atoms with Gasteiger partial charge in [-0.1, -0.05) is 41.1 Å². The Balaban J connectivity index is 2.93. The van der Waals surface area contributed by atoms with Gasteiger partial charge in [0.1, 0.15) is 6.10 Å². The summed E-state index contributed by atoms with van der Waals surface area (Å²) in [5.74, 6) is 0. The number of rotatable bonds is 2. The third-order valence-electron chi connectivity index (χ3n) is 1.62. The molecule has 0 saturated carbocycles. The first-order valence-corrected chi connectivity index (χ1v) is 4.45. The largest absolute Gasteiger partial charge is 0.228 e. The predicted octanol–water partition coefficient (Wildman–Crippen LogP) is 3.33. The maximum atomic E-state index is 11.3. The quantitative estimate of drug-likeness (QED) is 0.719. The van der Waals surface area contributed by atoms with E-state index in [9.17, 15) is 5.11 Å². The smallest absolute Gasteiger partial charge is 0.119 e. The highest BCUT2D eigenvalue weighted by Crippen LogP contribution is 2.24. The van der Waals surface area contributed by atoms with Crippen molar-refractivity contribution in [3.8, 4) is 0 Å². The molecule has 0 bridgehead atoms. The van der Waals surface area contributed by atoms with Crippen molar-refractivity contribution in [2.75, 3.05) is 0 Å². The topological polar surface area (TPSA) is 19.9 Å². The Kier molecular flexibility index (Phi) is 3.09. The van der Waals surface area contributed by atoms with Crippen LogP contribution < -0.4 is 0 Å². The zero-order chi connectivity index (χ0) is 8.27. The second-order valence-electron chi connectivity index (χ2n) is 2.42. The molecule has 1 atom stereocenters. The molecule has 0 aliphatic heterocycles. The van der Waals surface area contributed by atoms with Gasteiger partial charge in [0.15, 0.2) is 0 Å². The first-order chi connectivity index (χ1) is 5.25. The van der Waals surface area contributed by atoms with Gasteiger partial charge in [-0.25, -0.2) is 5.11 Å². The van der Waals surface area contributed by atoms with Crippen LogP contribution in [0.1, 0.15) is 25.0 Å². The van der Waals surface area contributed by atoms with Crippen molar-refractivity contribution >= 4 is 15.9 Å². The average molecular weight is 214 g/mol. The zero-order valence-corrected chi connectivity index (χ0v) is 7.97. The maximum absolute atomic E-state index is 11.3. The summed E-state index contributed by atoms with van der Waals surface area (Å²) in [7, 11) is 0. The van der Waals surface area contributed by atoms with E-state index in [1.807, 2.05) is 31.2 Å². The minimum atomic E-state index is -0.592. The zero-order valence-electron chi connectivity index (χ0n) is 6.38. The van der Waals surface area contributed by atoms with E-state index in [1.54, 1.807) is 0 Å². The highest BCUT2D eigenvalue weighted by Gasteiger charge is 2.08. The number of hydrogen-bond donors (Lipinski definition) is 0. The molecule has 0 amide bonds. The number of hydrogen-bond acceptors (Lipinski definition) is 0. The summed E-state index contributed by atoms with van der Waals surface area (Å²) >= 11 is 3.34. The Labute approximate surface area is 75.2 Å². The molecule has 11 heavy (non-hydrogen) atoms. The minimum absolute atomic E-state index is 0.592. The molecular formula is C9H10BrO. The van der Waals surface area contributed by atoms with E-state index in [2.05, 4.69) is 15.9 Å². The summed E-state index contributed by atoms with van der Waals surface area (Å²) < 4.78 is 0.918. The van der Waals surface area contributed by atoms with Crippen LogP contribution in [-0.4, -0.2) is 0 Å². The highest BCUT2D eigenvalue weighted by molar-refractivity contribution is 9.10. The van der Waals surface area contributed by atoms with Crippen molar-refractivity contribution in [2.45, 2.75) is 19.4 Å². The van der Waals surface area contributed by atoms with Crippen molar-refractivity contribution < 1.29 is 5.11 Å². The third-order valence-corrected chi connectivity index (χ3v) is 2.35. The Morgan fingerprint density at radius 3 is 2.64 bits per heavy atom. The lowest BCUT2D eigenvalue weighted by Crippen LogP contribution is -1.93. The summed E-state index contributed by atoms with van der Waals surface area (Å²) in [6.07, 6.45) is 0.0494. The van der Waals surface area contributed by atoms with Gasteiger partial charge in [0.2, 0.25) is 0 Å².